The van der Waals surface area contributed by atoms with E-state index in [1.807, 2.05) is 0 Å². The highest BCUT2D eigenvalue weighted by Gasteiger charge is 2.40. The zero-order valence-electron chi connectivity index (χ0n) is 24.3. The summed E-state index contributed by atoms with van der Waals surface area (Å²) in [6.07, 6.45) is 0.332. The molecule has 0 rings (SSSR count). The fraction of sp³-hybridized carbons (Fsp3) is 0.769. The highest BCUT2D eigenvalue weighted by molar-refractivity contribution is 5.88. The molecule has 0 heterocycles. The van der Waals surface area contributed by atoms with Crippen LogP contribution < -0.4 is 16.0 Å². The maximum absolute atomic E-state index is 12.7. The second-order valence-corrected chi connectivity index (χ2v) is 10.4. The van der Waals surface area contributed by atoms with Gasteiger partial charge in [0.1, 0.15) is 25.5 Å². The van der Waals surface area contributed by atoms with Crippen molar-refractivity contribution in [3.8, 4) is 0 Å². The van der Waals surface area contributed by atoms with E-state index in [0.29, 0.717) is 32.7 Å². The van der Waals surface area contributed by atoms with Gasteiger partial charge in [-0.1, -0.05) is 13.8 Å². The minimum absolute atomic E-state index is 0.0101. The molecule has 0 aromatic carbocycles. The van der Waals surface area contributed by atoms with Crippen molar-refractivity contribution in [2.45, 2.75) is 53.0 Å². The monoisotopic (exact) mass is 591 g/mol. The molecule has 5 N–H and O–H groups in total. The van der Waals surface area contributed by atoms with Gasteiger partial charge in [0.2, 0.25) is 17.7 Å². The Balaban J connectivity index is 4.02. The van der Waals surface area contributed by atoms with Crippen LogP contribution in [0.2, 0.25) is 0 Å². The molecule has 41 heavy (non-hydrogen) atoms. The first kappa shape index (κ1) is 37.9. The van der Waals surface area contributed by atoms with Crippen LogP contribution in [0.5, 0.6) is 0 Å². The number of hydrogen-bond acceptors (Lipinski definition) is 10. The summed E-state index contributed by atoms with van der Waals surface area (Å²) in [5, 5.41) is 26.4. The van der Waals surface area contributed by atoms with Crippen LogP contribution in [0.15, 0.2) is 0 Å². The predicted molar refractivity (Wildman–Crippen MR) is 144 cm³/mol. The van der Waals surface area contributed by atoms with Crippen molar-refractivity contribution >= 4 is 35.9 Å². The molecule has 0 fully saturated rings. The van der Waals surface area contributed by atoms with Gasteiger partial charge in [-0.05, 0) is 26.7 Å². The number of carboxylic acids is 2. The quantitative estimate of drug-likeness (QED) is 0.0662. The van der Waals surface area contributed by atoms with Crippen molar-refractivity contribution in [1.82, 2.24) is 16.0 Å². The Morgan fingerprint density at radius 2 is 1.29 bits per heavy atom. The number of aliphatic carboxylic acids is 2. The Labute approximate surface area is 240 Å². The SMILES string of the molecule is CC(C)(CC(C)(C)C(=O)N[C@@H](CCC(=O)NCCOCCOCC(=O)NCCOCCOCC=O)C(=O)O)C(=O)O. The van der Waals surface area contributed by atoms with Gasteiger partial charge in [-0.25, -0.2) is 4.79 Å². The Kier molecular flexibility index (Phi) is 19.1. The predicted octanol–water partition coefficient (Wildman–Crippen LogP) is -0.639. The van der Waals surface area contributed by atoms with Crippen molar-refractivity contribution in [2.75, 3.05) is 65.9 Å². The number of carbonyl (C=O) groups excluding carboxylic acids is 4. The smallest absolute Gasteiger partial charge is 0.326 e. The number of ether oxygens (including phenoxy) is 4. The minimum atomic E-state index is -1.31. The molecule has 15 heteroatoms. The molecule has 15 nitrogen and oxygen atoms in total. The Morgan fingerprint density at radius 1 is 0.756 bits per heavy atom. The molecule has 0 spiro atoms. The zero-order valence-corrected chi connectivity index (χ0v) is 24.3. The lowest BCUT2D eigenvalue weighted by molar-refractivity contribution is -0.151. The summed E-state index contributed by atoms with van der Waals surface area (Å²) in [6, 6.07) is -1.31. The molecule has 1 atom stereocenters. The van der Waals surface area contributed by atoms with Crippen LogP contribution >= 0.6 is 0 Å². The molecule has 0 aromatic heterocycles. The Hall–Kier alpha value is -3.14. The Morgan fingerprint density at radius 3 is 1.83 bits per heavy atom. The molecule has 0 aliphatic carbocycles. The molecule has 0 radical (unpaired) electrons. The first-order chi connectivity index (χ1) is 19.2. The number of hydrogen-bond donors (Lipinski definition) is 5. The number of nitrogens with one attached hydrogen (secondary N) is 3. The van der Waals surface area contributed by atoms with E-state index in [1.54, 1.807) is 0 Å². The van der Waals surface area contributed by atoms with Gasteiger partial charge in [-0.3, -0.25) is 19.2 Å². The fourth-order valence-electron chi connectivity index (χ4n) is 3.55. The fourth-order valence-corrected chi connectivity index (χ4v) is 3.55. The lowest BCUT2D eigenvalue weighted by atomic mass is 9.74. The van der Waals surface area contributed by atoms with E-state index in [2.05, 4.69) is 16.0 Å². The van der Waals surface area contributed by atoms with Crippen molar-refractivity contribution in [3.05, 3.63) is 0 Å². The number of carbonyl (C=O) groups is 6. The first-order valence-corrected chi connectivity index (χ1v) is 13.3. The lowest BCUT2D eigenvalue weighted by Gasteiger charge is -2.32. The molecule has 0 aromatic rings. The summed E-state index contributed by atoms with van der Waals surface area (Å²) >= 11 is 0. The van der Waals surface area contributed by atoms with Crippen LogP contribution in [0.1, 0.15) is 47.0 Å². The van der Waals surface area contributed by atoms with Gasteiger partial charge in [0.15, 0.2) is 0 Å². The molecule has 0 unspecified atom stereocenters. The average molecular weight is 592 g/mol. The first-order valence-electron chi connectivity index (χ1n) is 13.3. The molecule has 0 saturated heterocycles. The van der Waals surface area contributed by atoms with Gasteiger partial charge < -0.3 is 49.9 Å². The topological polar surface area (TPSA) is 216 Å². The third-order valence-electron chi connectivity index (χ3n) is 5.64. The second-order valence-electron chi connectivity index (χ2n) is 10.4. The van der Waals surface area contributed by atoms with Crippen molar-refractivity contribution in [2.24, 2.45) is 10.8 Å². The molecule has 236 valence electrons. The van der Waals surface area contributed by atoms with Gasteiger partial charge in [0.05, 0.1) is 45.1 Å². The molecule has 0 aliphatic rings. The van der Waals surface area contributed by atoms with Gasteiger partial charge in [0.25, 0.3) is 0 Å². The van der Waals surface area contributed by atoms with E-state index < -0.39 is 40.6 Å². The summed E-state index contributed by atoms with van der Waals surface area (Å²) < 4.78 is 20.6. The van der Waals surface area contributed by atoms with Crippen molar-refractivity contribution < 1.29 is 57.9 Å². The minimum Gasteiger partial charge on any atom is -0.481 e. The molecular formula is C26H45N3O12. The Bertz CT molecular complexity index is 848. The normalized spacial score (nSPS) is 12.3. The maximum Gasteiger partial charge on any atom is 0.326 e. The number of rotatable bonds is 25. The third-order valence-corrected chi connectivity index (χ3v) is 5.64. The van der Waals surface area contributed by atoms with Crippen molar-refractivity contribution in [1.29, 1.82) is 0 Å². The number of aldehydes is 1. The lowest BCUT2D eigenvalue weighted by Crippen LogP contribution is -2.48. The summed E-state index contributed by atoms with van der Waals surface area (Å²) in [5.74, 6) is -3.73. The van der Waals surface area contributed by atoms with Gasteiger partial charge in [0, 0.05) is 24.9 Å². The largest absolute Gasteiger partial charge is 0.481 e. The summed E-state index contributed by atoms with van der Waals surface area (Å²) in [6.45, 7) is 7.79. The van der Waals surface area contributed by atoms with E-state index in [4.69, 9.17) is 18.9 Å². The van der Waals surface area contributed by atoms with Gasteiger partial charge in [-0.15, -0.1) is 0 Å². The molecule has 0 bridgehead atoms. The highest BCUT2D eigenvalue weighted by Crippen LogP contribution is 2.34. The van der Waals surface area contributed by atoms with Gasteiger partial charge in [-0.2, -0.15) is 0 Å². The average Bonchev–Trinajstić information content (AvgIpc) is 2.88. The van der Waals surface area contributed by atoms with Crippen LogP contribution in [-0.4, -0.2) is 118 Å². The van der Waals surface area contributed by atoms with Crippen LogP contribution in [0.4, 0.5) is 0 Å². The number of amides is 3. The zero-order chi connectivity index (χ0) is 31.3. The van der Waals surface area contributed by atoms with Crippen LogP contribution in [0.25, 0.3) is 0 Å². The van der Waals surface area contributed by atoms with Crippen LogP contribution in [-0.2, 0) is 47.7 Å². The van der Waals surface area contributed by atoms with E-state index in [1.165, 1.54) is 27.7 Å². The van der Waals surface area contributed by atoms with Gasteiger partial charge >= 0.3 is 11.9 Å². The summed E-state index contributed by atoms with van der Waals surface area (Å²) in [5.41, 5.74) is -2.33. The number of carboxylic acid groups (broad SMARTS) is 2. The maximum atomic E-state index is 12.7. The second kappa shape index (κ2) is 20.7. The van der Waals surface area contributed by atoms with E-state index in [9.17, 15) is 39.0 Å². The summed E-state index contributed by atoms with van der Waals surface area (Å²) in [4.78, 5) is 69.4. The molecule has 0 saturated carbocycles. The molecular weight excluding hydrogens is 546 g/mol. The van der Waals surface area contributed by atoms with E-state index >= 15 is 0 Å². The van der Waals surface area contributed by atoms with E-state index in [0.717, 1.165) is 0 Å². The van der Waals surface area contributed by atoms with E-state index in [-0.39, 0.29) is 64.7 Å². The van der Waals surface area contributed by atoms with Crippen molar-refractivity contribution in [3.63, 3.8) is 0 Å². The van der Waals surface area contributed by atoms with Crippen LogP contribution in [0, 0.1) is 10.8 Å². The molecule has 3 amide bonds. The standard InChI is InChI=1S/C26H45N3O12/c1-25(2,18-26(3,4)24(36)37)23(35)29-19(22(33)34)5-6-20(31)27-7-10-39-15-16-41-17-21(32)28-8-11-38-13-14-40-12-9-30/h9,19H,5-8,10-18H2,1-4H3,(H,27,31)(H,28,32)(H,29,35)(H,33,34)(H,36,37)/t19-/m0/s1. The summed E-state index contributed by atoms with van der Waals surface area (Å²) in [7, 11) is 0. The highest BCUT2D eigenvalue weighted by atomic mass is 16.5. The third kappa shape index (κ3) is 18.8. The molecule has 0 aliphatic heterocycles. The van der Waals surface area contributed by atoms with Crippen LogP contribution in [0.3, 0.4) is 0 Å².